The van der Waals surface area contributed by atoms with Gasteiger partial charge in [-0.3, -0.25) is 0 Å². The van der Waals surface area contributed by atoms with E-state index in [4.69, 9.17) is 4.42 Å². The van der Waals surface area contributed by atoms with E-state index in [0.29, 0.717) is 0 Å². The van der Waals surface area contributed by atoms with E-state index in [9.17, 15) is 0 Å². The second-order valence-electron chi connectivity index (χ2n) is 9.93. The van der Waals surface area contributed by atoms with Crippen molar-refractivity contribution in [3.63, 3.8) is 0 Å². The molecule has 1 aromatic heterocycles. The Hall–Kier alpha value is -5.08. The minimum absolute atomic E-state index is 0.916. The fraction of sp³-hybridized carbons (Fsp3) is 0.0270. The molecule has 0 fully saturated rings. The van der Waals surface area contributed by atoms with Crippen LogP contribution in [0.15, 0.2) is 145 Å². The van der Waals surface area contributed by atoms with Gasteiger partial charge in [-0.05, 0) is 93.4 Å². The Balaban J connectivity index is 1.10. The van der Waals surface area contributed by atoms with Crippen molar-refractivity contribution in [2.24, 2.45) is 0 Å². The first-order chi connectivity index (χ1) is 19.3. The first kappa shape index (κ1) is 23.1. The highest BCUT2D eigenvalue weighted by atomic mass is 16.3. The van der Waals surface area contributed by atoms with Gasteiger partial charge in [-0.15, -0.1) is 0 Å². The molecule has 1 heterocycles. The number of furan rings is 1. The molecule has 2 nitrogen and oxygen atoms in total. The highest BCUT2D eigenvalue weighted by Crippen LogP contribution is 2.38. The molecule has 0 amide bonds. The molecule has 1 aliphatic carbocycles. The summed E-state index contributed by atoms with van der Waals surface area (Å²) in [6.45, 7) is 3.93. The van der Waals surface area contributed by atoms with E-state index in [2.05, 4.69) is 121 Å². The van der Waals surface area contributed by atoms with Crippen LogP contribution in [0.5, 0.6) is 0 Å². The number of fused-ring (bicyclic) bond motifs is 6. The Labute approximate surface area is 228 Å². The molecule has 1 N–H and O–H groups in total. The van der Waals surface area contributed by atoms with E-state index in [-0.39, 0.29) is 0 Å². The summed E-state index contributed by atoms with van der Waals surface area (Å²) < 4.78 is 5.98. The normalized spacial score (nSPS) is 12.7. The average Bonchev–Trinajstić information content (AvgIpc) is 3.54. The number of hydrogen-bond acceptors (Lipinski definition) is 2. The zero-order valence-electron chi connectivity index (χ0n) is 21.5. The quantitative estimate of drug-likeness (QED) is 0.229. The van der Waals surface area contributed by atoms with Gasteiger partial charge in [-0.2, -0.15) is 0 Å². The zero-order chi connectivity index (χ0) is 26.2. The van der Waals surface area contributed by atoms with Gasteiger partial charge in [0.25, 0.3) is 0 Å². The molecule has 0 saturated heterocycles. The lowest BCUT2D eigenvalue weighted by atomic mass is 9.98. The van der Waals surface area contributed by atoms with E-state index in [1.807, 2.05) is 24.4 Å². The molecule has 5 aromatic carbocycles. The second kappa shape index (κ2) is 9.66. The van der Waals surface area contributed by atoms with Crippen molar-refractivity contribution in [3.05, 3.63) is 157 Å². The monoisotopic (exact) mass is 501 g/mol. The van der Waals surface area contributed by atoms with Crippen molar-refractivity contribution >= 4 is 33.2 Å². The summed E-state index contributed by atoms with van der Waals surface area (Å²) in [5.74, 6) is 0. The number of nitrogens with one attached hydrogen (secondary N) is 1. The average molecular weight is 502 g/mol. The van der Waals surface area contributed by atoms with Crippen molar-refractivity contribution < 1.29 is 4.42 Å². The van der Waals surface area contributed by atoms with Crippen molar-refractivity contribution in [3.8, 4) is 22.3 Å². The Bertz CT molecular complexity index is 1920. The van der Waals surface area contributed by atoms with Gasteiger partial charge in [0.2, 0.25) is 0 Å². The van der Waals surface area contributed by atoms with Crippen molar-refractivity contribution in [1.29, 1.82) is 0 Å². The molecular formula is C37H27NO. The smallest absolute Gasteiger partial charge is 0.135 e. The fourth-order valence-corrected chi connectivity index (χ4v) is 5.57. The predicted octanol–water partition coefficient (Wildman–Crippen LogP) is 10.0. The zero-order valence-corrected chi connectivity index (χ0v) is 21.5. The topological polar surface area (TPSA) is 25.2 Å². The van der Waals surface area contributed by atoms with Crippen LogP contribution in [0.4, 0.5) is 5.69 Å². The third kappa shape index (κ3) is 4.26. The van der Waals surface area contributed by atoms with E-state index in [0.717, 1.165) is 39.6 Å². The largest absolute Gasteiger partial charge is 0.456 e. The maximum atomic E-state index is 5.98. The van der Waals surface area contributed by atoms with E-state index in [1.54, 1.807) is 0 Å². The third-order valence-corrected chi connectivity index (χ3v) is 7.54. The number of rotatable bonds is 6. The maximum absolute atomic E-state index is 5.98. The van der Waals surface area contributed by atoms with Gasteiger partial charge in [0.1, 0.15) is 11.2 Å². The lowest BCUT2D eigenvalue weighted by molar-refractivity contribution is 0.669. The van der Waals surface area contributed by atoms with Crippen LogP contribution in [-0.4, -0.2) is 0 Å². The predicted molar refractivity (Wildman–Crippen MR) is 165 cm³/mol. The number of anilines is 1. The molecule has 186 valence electrons. The first-order valence-electron chi connectivity index (χ1n) is 13.3. The molecule has 0 atom stereocenters. The van der Waals surface area contributed by atoms with Crippen LogP contribution in [0.25, 0.3) is 49.8 Å². The lowest BCUT2D eigenvalue weighted by Crippen LogP contribution is -1.89. The molecule has 0 radical (unpaired) electrons. The summed E-state index contributed by atoms with van der Waals surface area (Å²) in [5.41, 5.74) is 13.0. The molecule has 0 saturated carbocycles. The van der Waals surface area contributed by atoms with Gasteiger partial charge in [0.15, 0.2) is 0 Å². The van der Waals surface area contributed by atoms with Crippen LogP contribution in [-0.2, 0) is 6.42 Å². The van der Waals surface area contributed by atoms with Crippen molar-refractivity contribution in [2.45, 2.75) is 6.42 Å². The highest BCUT2D eigenvalue weighted by Gasteiger charge is 2.18. The summed E-state index contributed by atoms with van der Waals surface area (Å²) >= 11 is 0. The molecule has 6 aromatic rings. The maximum Gasteiger partial charge on any atom is 0.135 e. The summed E-state index contributed by atoms with van der Waals surface area (Å²) in [4.78, 5) is 0. The van der Waals surface area contributed by atoms with Gasteiger partial charge >= 0.3 is 0 Å². The first-order valence-corrected chi connectivity index (χ1v) is 13.3. The Morgan fingerprint density at radius 3 is 2.36 bits per heavy atom. The minimum Gasteiger partial charge on any atom is -0.456 e. The van der Waals surface area contributed by atoms with Crippen molar-refractivity contribution in [1.82, 2.24) is 0 Å². The fourth-order valence-electron chi connectivity index (χ4n) is 5.57. The summed E-state index contributed by atoms with van der Waals surface area (Å²) in [7, 11) is 0. The van der Waals surface area contributed by atoms with Gasteiger partial charge in [0, 0.05) is 22.7 Å². The molecule has 0 spiro atoms. The van der Waals surface area contributed by atoms with Gasteiger partial charge < -0.3 is 9.73 Å². The third-order valence-electron chi connectivity index (χ3n) is 7.54. The molecule has 0 aliphatic heterocycles. The Morgan fingerprint density at radius 2 is 1.46 bits per heavy atom. The summed E-state index contributed by atoms with van der Waals surface area (Å²) in [6.07, 6.45) is 9.01. The van der Waals surface area contributed by atoms with E-state index >= 15 is 0 Å². The van der Waals surface area contributed by atoms with E-state index < -0.39 is 0 Å². The molecular weight excluding hydrogens is 474 g/mol. The summed E-state index contributed by atoms with van der Waals surface area (Å²) in [5, 5.41) is 5.72. The number of para-hydroxylation sites is 1. The number of benzene rings is 5. The minimum atomic E-state index is 0.916. The molecule has 7 rings (SSSR count). The lowest BCUT2D eigenvalue weighted by Gasteiger charge is -2.08. The second-order valence-corrected chi connectivity index (χ2v) is 9.93. The Kier molecular flexibility index (Phi) is 5.71. The van der Waals surface area contributed by atoms with Gasteiger partial charge in [0.05, 0.1) is 0 Å². The molecule has 39 heavy (non-hydrogen) atoms. The molecule has 0 bridgehead atoms. The highest BCUT2D eigenvalue weighted by molar-refractivity contribution is 6.06. The molecule has 0 unspecified atom stereocenters. The molecule has 2 heteroatoms. The Morgan fingerprint density at radius 1 is 0.692 bits per heavy atom. The van der Waals surface area contributed by atoms with Gasteiger partial charge in [-0.25, -0.2) is 0 Å². The van der Waals surface area contributed by atoms with Crippen LogP contribution in [0.3, 0.4) is 0 Å². The van der Waals surface area contributed by atoms with Crippen LogP contribution < -0.4 is 5.32 Å². The van der Waals surface area contributed by atoms with Crippen LogP contribution >= 0.6 is 0 Å². The summed E-state index contributed by atoms with van der Waals surface area (Å²) in [6, 6.07) is 38.6. The van der Waals surface area contributed by atoms with Crippen LogP contribution in [0.2, 0.25) is 0 Å². The molecule has 1 aliphatic rings. The number of allylic oxidation sites excluding steroid dienone is 4. The number of hydrogen-bond donors (Lipinski definition) is 1. The van der Waals surface area contributed by atoms with Gasteiger partial charge in [-0.1, -0.05) is 91.5 Å². The van der Waals surface area contributed by atoms with Crippen LogP contribution in [0.1, 0.15) is 16.7 Å². The van der Waals surface area contributed by atoms with Crippen LogP contribution in [0, 0.1) is 0 Å². The SMILES string of the molecule is C=C/C=C(\C=C/Nc1ccc(-c2ccc3oc4ccccc4c3c2)cc1)c1ccc2c(c1)-c1ccccc1C2. The van der Waals surface area contributed by atoms with Crippen molar-refractivity contribution in [2.75, 3.05) is 5.32 Å². The van der Waals surface area contributed by atoms with E-state index in [1.165, 1.54) is 38.9 Å². The standard InChI is InChI=1S/C37H27NO/c1-2-7-25(27-12-13-30-22-29-8-3-4-9-32(29)34(30)23-27)20-21-38-31-17-14-26(15-18-31)28-16-19-37-35(24-28)33-10-5-6-11-36(33)39-37/h2-21,23-24,38H,1,22H2/b21-20-,25-7+.